The number of pyridine rings is 1. The Balaban J connectivity index is 1.72. The Morgan fingerprint density at radius 1 is 0.806 bits per heavy atom. The molecule has 182 valence electrons. The van der Waals surface area contributed by atoms with Gasteiger partial charge in [-0.25, -0.2) is 0 Å². The minimum absolute atomic E-state index is 0.143. The van der Waals surface area contributed by atoms with Gasteiger partial charge in [0.25, 0.3) is 0 Å². The predicted molar refractivity (Wildman–Crippen MR) is 143 cm³/mol. The molecule has 1 heterocycles. The number of nitrogens with zero attached hydrogens (tertiary/aromatic N) is 1. The van der Waals surface area contributed by atoms with Gasteiger partial charge in [0.2, 0.25) is 0 Å². The van der Waals surface area contributed by atoms with Gasteiger partial charge in [0.15, 0.2) is 0 Å². The van der Waals surface area contributed by atoms with Crippen LogP contribution in [0.2, 0.25) is 0 Å². The van der Waals surface area contributed by atoms with E-state index in [9.17, 15) is 13.2 Å². The predicted octanol–water partition coefficient (Wildman–Crippen LogP) is 8.98. The van der Waals surface area contributed by atoms with E-state index in [1.807, 2.05) is 74.5 Å². The van der Waals surface area contributed by atoms with Crippen molar-refractivity contribution in [2.45, 2.75) is 32.9 Å². The van der Waals surface area contributed by atoms with Crippen molar-refractivity contribution in [3.8, 4) is 11.1 Å². The van der Waals surface area contributed by atoms with Gasteiger partial charge in [0.1, 0.15) is 0 Å². The molecule has 3 aromatic carbocycles. The quantitative estimate of drug-likeness (QED) is 0.239. The first-order chi connectivity index (χ1) is 17.3. The Kier molecular flexibility index (Phi) is 7.54. The molecule has 0 aliphatic rings. The molecule has 0 N–H and O–H groups in total. The molecular formula is C32H28F3N. The van der Waals surface area contributed by atoms with Crippen molar-refractivity contribution in [2.24, 2.45) is 0 Å². The summed E-state index contributed by atoms with van der Waals surface area (Å²) < 4.78 is 42.0. The average molecular weight is 484 g/mol. The Morgan fingerprint density at radius 2 is 1.56 bits per heavy atom. The minimum atomic E-state index is -4.48. The summed E-state index contributed by atoms with van der Waals surface area (Å²) in [5.74, 6) is 0. The van der Waals surface area contributed by atoms with Crippen molar-refractivity contribution in [3.05, 3.63) is 130 Å². The first kappa shape index (κ1) is 25.2. The van der Waals surface area contributed by atoms with Crippen LogP contribution in [-0.2, 0) is 19.0 Å². The summed E-state index contributed by atoms with van der Waals surface area (Å²) in [5.41, 5.74) is 6.83. The molecule has 0 fully saturated rings. The van der Waals surface area contributed by atoms with E-state index in [-0.39, 0.29) is 5.56 Å². The SMILES string of the molecule is C=Cc1cc(C(F)(F)F)c(/C=C/c2cccc(-c3ccccc3)c2C)cc1CCc1cc(C)ccn1. The van der Waals surface area contributed by atoms with E-state index in [0.717, 1.165) is 39.1 Å². The van der Waals surface area contributed by atoms with Crippen LogP contribution in [0.1, 0.15) is 44.6 Å². The van der Waals surface area contributed by atoms with Crippen molar-refractivity contribution < 1.29 is 13.2 Å². The van der Waals surface area contributed by atoms with Crippen LogP contribution in [0.5, 0.6) is 0 Å². The molecule has 4 heteroatoms. The van der Waals surface area contributed by atoms with Crippen molar-refractivity contribution >= 4 is 18.2 Å². The highest BCUT2D eigenvalue weighted by atomic mass is 19.4. The molecule has 4 rings (SSSR count). The molecule has 0 saturated carbocycles. The lowest BCUT2D eigenvalue weighted by Crippen LogP contribution is -2.09. The zero-order chi connectivity index (χ0) is 25.7. The lowest BCUT2D eigenvalue weighted by atomic mass is 9.93. The van der Waals surface area contributed by atoms with Gasteiger partial charge in [-0.3, -0.25) is 4.98 Å². The highest BCUT2D eigenvalue weighted by Crippen LogP contribution is 2.36. The maximum absolute atomic E-state index is 14.0. The number of benzene rings is 3. The molecule has 1 nitrogen and oxygen atoms in total. The summed E-state index contributed by atoms with van der Waals surface area (Å²) in [5, 5.41) is 0. The number of alkyl halides is 3. The molecule has 0 spiro atoms. The van der Waals surface area contributed by atoms with Crippen LogP contribution in [0.25, 0.3) is 29.4 Å². The van der Waals surface area contributed by atoms with E-state index in [4.69, 9.17) is 0 Å². The summed E-state index contributed by atoms with van der Waals surface area (Å²) in [6.45, 7) is 7.75. The minimum Gasteiger partial charge on any atom is -0.261 e. The Bertz CT molecular complexity index is 1400. The van der Waals surface area contributed by atoms with E-state index in [2.05, 4.69) is 11.6 Å². The highest BCUT2D eigenvalue weighted by Gasteiger charge is 2.33. The Labute approximate surface area is 210 Å². The van der Waals surface area contributed by atoms with Gasteiger partial charge < -0.3 is 0 Å². The maximum Gasteiger partial charge on any atom is 0.417 e. The van der Waals surface area contributed by atoms with Crippen LogP contribution in [0.3, 0.4) is 0 Å². The van der Waals surface area contributed by atoms with Gasteiger partial charge in [-0.1, -0.05) is 79.4 Å². The van der Waals surface area contributed by atoms with Crippen molar-refractivity contribution in [2.75, 3.05) is 0 Å². The molecule has 0 aliphatic carbocycles. The fraction of sp³-hybridized carbons (Fsp3) is 0.156. The Hall–Kier alpha value is -3.92. The van der Waals surface area contributed by atoms with Crippen LogP contribution in [-0.4, -0.2) is 4.98 Å². The third-order valence-electron chi connectivity index (χ3n) is 6.36. The van der Waals surface area contributed by atoms with Gasteiger partial charge in [-0.2, -0.15) is 13.2 Å². The summed E-state index contributed by atoms with van der Waals surface area (Å²) in [7, 11) is 0. The number of aromatic nitrogens is 1. The molecule has 0 radical (unpaired) electrons. The normalized spacial score (nSPS) is 11.7. The second kappa shape index (κ2) is 10.8. The number of hydrogen-bond donors (Lipinski definition) is 0. The van der Waals surface area contributed by atoms with Crippen molar-refractivity contribution in [3.63, 3.8) is 0 Å². The summed E-state index contributed by atoms with van der Waals surface area (Å²) >= 11 is 0. The highest BCUT2D eigenvalue weighted by molar-refractivity contribution is 5.78. The van der Waals surface area contributed by atoms with Gasteiger partial charge >= 0.3 is 6.18 Å². The zero-order valence-corrected chi connectivity index (χ0v) is 20.4. The first-order valence-corrected chi connectivity index (χ1v) is 11.9. The fourth-order valence-corrected chi connectivity index (χ4v) is 4.41. The first-order valence-electron chi connectivity index (χ1n) is 11.9. The van der Waals surface area contributed by atoms with Crippen molar-refractivity contribution in [1.29, 1.82) is 0 Å². The van der Waals surface area contributed by atoms with Crippen LogP contribution in [0.4, 0.5) is 13.2 Å². The third kappa shape index (κ3) is 5.83. The van der Waals surface area contributed by atoms with E-state index < -0.39 is 11.7 Å². The van der Waals surface area contributed by atoms with Gasteiger partial charge in [0, 0.05) is 11.9 Å². The lowest BCUT2D eigenvalue weighted by Gasteiger charge is -2.16. The topological polar surface area (TPSA) is 12.9 Å². The van der Waals surface area contributed by atoms with Crippen LogP contribution < -0.4 is 0 Å². The molecule has 0 atom stereocenters. The summed E-state index contributed by atoms with van der Waals surface area (Å²) in [6, 6.07) is 22.6. The zero-order valence-electron chi connectivity index (χ0n) is 20.4. The Morgan fingerprint density at radius 3 is 2.25 bits per heavy atom. The molecule has 0 saturated heterocycles. The fourth-order valence-electron chi connectivity index (χ4n) is 4.41. The molecular weight excluding hydrogens is 455 g/mol. The van der Waals surface area contributed by atoms with E-state index >= 15 is 0 Å². The second-order valence-corrected chi connectivity index (χ2v) is 8.88. The largest absolute Gasteiger partial charge is 0.417 e. The maximum atomic E-state index is 14.0. The summed E-state index contributed by atoms with van der Waals surface area (Å²) in [4.78, 5) is 4.39. The van der Waals surface area contributed by atoms with Crippen molar-refractivity contribution in [1.82, 2.24) is 4.98 Å². The van der Waals surface area contributed by atoms with Crippen LogP contribution in [0, 0.1) is 13.8 Å². The molecule has 36 heavy (non-hydrogen) atoms. The van der Waals surface area contributed by atoms with E-state index in [1.165, 1.54) is 12.1 Å². The second-order valence-electron chi connectivity index (χ2n) is 8.88. The lowest BCUT2D eigenvalue weighted by molar-refractivity contribution is -0.137. The summed E-state index contributed by atoms with van der Waals surface area (Å²) in [6.07, 6.45) is 3.32. The molecule has 0 aliphatic heterocycles. The standard InChI is InChI=1S/C32H28F3N/c1-4-24-21-31(32(33,34)35)28(20-27(24)15-16-29-19-22(2)17-18-36-29)14-13-25-11-8-12-30(23(25)3)26-9-6-5-7-10-26/h4-14,17-21H,1,15-16H2,2-3H3/b14-13+. The average Bonchev–Trinajstić information content (AvgIpc) is 2.86. The van der Waals surface area contributed by atoms with Gasteiger partial charge in [0.05, 0.1) is 5.56 Å². The number of hydrogen-bond acceptors (Lipinski definition) is 1. The van der Waals surface area contributed by atoms with Gasteiger partial charge in [-0.15, -0.1) is 0 Å². The third-order valence-corrected chi connectivity index (χ3v) is 6.36. The molecule has 0 unspecified atom stereocenters. The number of aryl methyl sites for hydroxylation is 3. The molecule has 0 amide bonds. The van der Waals surface area contributed by atoms with E-state index in [1.54, 1.807) is 24.4 Å². The van der Waals surface area contributed by atoms with Crippen LogP contribution in [0.15, 0.2) is 85.6 Å². The molecule has 4 aromatic rings. The number of halogens is 3. The molecule has 0 bridgehead atoms. The van der Waals surface area contributed by atoms with Crippen LogP contribution >= 0.6 is 0 Å². The monoisotopic (exact) mass is 483 g/mol. The number of rotatable bonds is 7. The van der Waals surface area contributed by atoms with E-state index in [0.29, 0.717) is 18.4 Å². The van der Waals surface area contributed by atoms with Gasteiger partial charge in [-0.05, 0) is 89.4 Å². The smallest absolute Gasteiger partial charge is 0.261 e. The molecule has 1 aromatic heterocycles.